The number of aliphatic hydroxyl groups excluding tert-OH is 1. The van der Waals surface area contributed by atoms with Crippen molar-refractivity contribution in [3.05, 3.63) is 59.2 Å². The first-order valence-corrected chi connectivity index (χ1v) is 10.3. The van der Waals surface area contributed by atoms with Gasteiger partial charge in [-0.05, 0) is 49.2 Å². The second-order valence-electron chi connectivity index (χ2n) is 6.80. The van der Waals surface area contributed by atoms with Crippen molar-refractivity contribution < 1.29 is 19.4 Å². The smallest absolute Gasteiger partial charge is 0.251 e. The van der Waals surface area contributed by atoms with E-state index >= 15 is 0 Å². The highest BCUT2D eigenvalue weighted by Crippen LogP contribution is 2.29. The van der Waals surface area contributed by atoms with Gasteiger partial charge in [0.15, 0.2) is 5.96 Å². The van der Waals surface area contributed by atoms with Crippen LogP contribution in [-0.4, -0.2) is 57.9 Å². The number of guanidine groups is 1. The van der Waals surface area contributed by atoms with Crippen molar-refractivity contribution in [2.45, 2.75) is 19.4 Å². The minimum atomic E-state index is -0.843. The Hall–Kier alpha value is -3.26. The van der Waals surface area contributed by atoms with Gasteiger partial charge in [0.05, 0.1) is 20.8 Å². The summed E-state index contributed by atoms with van der Waals surface area (Å²) in [5.41, 5.74) is 2.30. The van der Waals surface area contributed by atoms with E-state index in [0.717, 1.165) is 12.0 Å². The molecule has 0 aliphatic rings. The molecule has 2 aromatic carbocycles. The molecule has 1 unspecified atom stereocenters. The number of hydrogen-bond donors (Lipinski definition) is 4. The van der Waals surface area contributed by atoms with Crippen LogP contribution in [-0.2, 0) is 6.42 Å². The number of nitrogens with one attached hydrogen (secondary N) is 3. The van der Waals surface area contributed by atoms with Crippen LogP contribution in [0, 0.1) is 0 Å². The lowest BCUT2D eigenvalue weighted by Gasteiger charge is -2.16. The Morgan fingerprint density at radius 1 is 1.13 bits per heavy atom. The van der Waals surface area contributed by atoms with Gasteiger partial charge in [-0.2, -0.15) is 0 Å². The van der Waals surface area contributed by atoms with E-state index in [1.807, 2.05) is 25.1 Å². The van der Waals surface area contributed by atoms with Crippen LogP contribution in [0.1, 0.15) is 34.5 Å². The van der Waals surface area contributed by atoms with Crippen molar-refractivity contribution in [2.24, 2.45) is 4.99 Å². The van der Waals surface area contributed by atoms with Gasteiger partial charge in [-0.1, -0.05) is 12.1 Å². The zero-order chi connectivity index (χ0) is 22.6. The predicted octanol–water partition coefficient (Wildman–Crippen LogP) is 1.89. The molecule has 8 nitrogen and oxygen atoms in total. The number of benzene rings is 2. The van der Waals surface area contributed by atoms with Crippen molar-refractivity contribution in [3.63, 3.8) is 0 Å². The van der Waals surface area contributed by atoms with Crippen LogP contribution in [0.3, 0.4) is 0 Å². The predicted molar refractivity (Wildman–Crippen MR) is 122 cm³/mol. The van der Waals surface area contributed by atoms with Gasteiger partial charge in [0.25, 0.3) is 5.91 Å². The quantitative estimate of drug-likeness (QED) is 0.340. The van der Waals surface area contributed by atoms with Gasteiger partial charge >= 0.3 is 0 Å². The Labute approximate surface area is 183 Å². The van der Waals surface area contributed by atoms with Gasteiger partial charge in [-0.25, -0.2) is 0 Å². The SMILES string of the molecule is CCNC(=NCC(O)c1cc(OC)ccc1OC)NCCc1cccc(C(=O)NC)c1. The molecule has 0 bridgehead atoms. The first kappa shape index (κ1) is 24.0. The minimum Gasteiger partial charge on any atom is -0.497 e. The van der Waals surface area contributed by atoms with Crippen LogP contribution in [0.5, 0.6) is 11.5 Å². The van der Waals surface area contributed by atoms with E-state index in [4.69, 9.17) is 9.47 Å². The minimum absolute atomic E-state index is 0.105. The molecule has 0 aromatic heterocycles. The highest BCUT2D eigenvalue weighted by atomic mass is 16.5. The van der Waals surface area contributed by atoms with Gasteiger partial charge in [-0.15, -0.1) is 0 Å². The topological polar surface area (TPSA) is 104 Å². The summed E-state index contributed by atoms with van der Waals surface area (Å²) < 4.78 is 10.6. The number of carbonyl (C=O) groups is 1. The normalized spacial score (nSPS) is 12.1. The Morgan fingerprint density at radius 3 is 2.61 bits per heavy atom. The zero-order valence-corrected chi connectivity index (χ0v) is 18.6. The highest BCUT2D eigenvalue weighted by molar-refractivity contribution is 5.94. The van der Waals surface area contributed by atoms with E-state index < -0.39 is 6.10 Å². The summed E-state index contributed by atoms with van der Waals surface area (Å²) in [5.74, 6) is 1.72. The van der Waals surface area contributed by atoms with Crippen molar-refractivity contribution in [1.29, 1.82) is 0 Å². The van der Waals surface area contributed by atoms with Crippen LogP contribution in [0.25, 0.3) is 0 Å². The van der Waals surface area contributed by atoms with Crippen LogP contribution >= 0.6 is 0 Å². The second kappa shape index (κ2) is 12.4. The third-order valence-electron chi connectivity index (χ3n) is 4.68. The third kappa shape index (κ3) is 7.18. The fraction of sp³-hybridized carbons (Fsp3) is 0.391. The molecule has 0 spiro atoms. The molecule has 31 heavy (non-hydrogen) atoms. The summed E-state index contributed by atoms with van der Waals surface area (Å²) in [6.07, 6.45) is -0.119. The van der Waals surface area contributed by atoms with Crippen molar-refractivity contribution in [3.8, 4) is 11.5 Å². The van der Waals surface area contributed by atoms with Crippen LogP contribution in [0.15, 0.2) is 47.5 Å². The van der Waals surface area contributed by atoms with Crippen molar-refractivity contribution in [1.82, 2.24) is 16.0 Å². The van der Waals surface area contributed by atoms with Crippen LogP contribution < -0.4 is 25.4 Å². The Kier molecular flexibility index (Phi) is 9.64. The second-order valence-corrected chi connectivity index (χ2v) is 6.80. The molecule has 2 aromatic rings. The first-order chi connectivity index (χ1) is 15.0. The molecule has 1 amide bonds. The maximum Gasteiger partial charge on any atom is 0.251 e. The summed E-state index contributed by atoms with van der Waals surface area (Å²) in [6.45, 7) is 3.45. The molecular formula is C23H32N4O4. The molecule has 0 fully saturated rings. The third-order valence-corrected chi connectivity index (χ3v) is 4.68. The standard InChI is InChI=1S/C23H32N4O4/c1-5-25-23(26-12-11-16-7-6-8-17(13-16)22(29)24-2)27-15-20(28)19-14-18(30-3)9-10-21(19)31-4/h6-10,13-14,20,28H,5,11-12,15H2,1-4H3,(H,24,29)(H2,25,26,27). The fourth-order valence-corrected chi connectivity index (χ4v) is 3.06. The van der Waals surface area contributed by atoms with E-state index in [1.54, 1.807) is 45.5 Å². The lowest BCUT2D eigenvalue weighted by molar-refractivity contribution is 0.0963. The van der Waals surface area contributed by atoms with E-state index in [0.29, 0.717) is 41.7 Å². The number of rotatable bonds is 10. The summed E-state index contributed by atoms with van der Waals surface area (Å²) in [6, 6.07) is 12.8. The van der Waals surface area contributed by atoms with Gasteiger partial charge in [0, 0.05) is 31.3 Å². The number of methoxy groups -OCH3 is 2. The monoisotopic (exact) mass is 428 g/mol. The maximum absolute atomic E-state index is 11.8. The Bertz CT molecular complexity index is 886. The molecule has 0 radical (unpaired) electrons. The molecule has 168 valence electrons. The summed E-state index contributed by atoms with van der Waals surface area (Å²) >= 11 is 0. The van der Waals surface area contributed by atoms with Gasteiger partial charge in [-0.3, -0.25) is 9.79 Å². The van der Waals surface area contributed by atoms with Gasteiger partial charge < -0.3 is 30.5 Å². The molecule has 2 rings (SSSR count). The van der Waals surface area contributed by atoms with Crippen molar-refractivity contribution in [2.75, 3.05) is 40.9 Å². The Balaban J connectivity index is 2.00. The van der Waals surface area contributed by atoms with E-state index in [1.165, 1.54) is 0 Å². The van der Waals surface area contributed by atoms with Gasteiger partial charge in [0.2, 0.25) is 0 Å². The number of aliphatic imine (C=N–C) groups is 1. The van der Waals surface area contributed by atoms with Crippen LogP contribution in [0.2, 0.25) is 0 Å². The molecule has 0 aliphatic heterocycles. The lowest BCUT2D eigenvalue weighted by Crippen LogP contribution is -2.38. The number of hydrogen-bond acceptors (Lipinski definition) is 5. The first-order valence-electron chi connectivity index (χ1n) is 10.3. The summed E-state index contributed by atoms with van der Waals surface area (Å²) in [7, 11) is 4.75. The lowest BCUT2D eigenvalue weighted by atomic mass is 10.1. The highest BCUT2D eigenvalue weighted by Gasteiger charge is 2.15. The summed E-state index contributed by atoms with van der Waals surface area (Å²) in [4.78, 5) is 16.3. The molecular weight excluding hydrogens is 396 g/mol. The number of amides is 1. The average molecular weight is 429 g/mol. The largest absolute Gasteiger partial charge is 0.497 e. The zero-order valence-electron chi connectivity index (χ0n) is 18.6. The molecule has 1 atom stereocenters. The number of nitrogens with zero attached hydrogens (tertiary/aromatic N) is 1. The molecule has 4 N–H and O–H groups in total. The Morgan fingerprint density at radius 2 is 1.94 bits per heavy atom. The molecule has 8 heteroatoms. The number of carbonyl (C=O) groups excluding carboxylic acids is 1. The molecule has 0 heterocycles. The molecule has 0 saturated carbocycles. The molecule has 0 saturated heterocycles. The number of ether oxygens (including phenoxy) is 2. The van der Waals surface area contributed by atoms with E-state index in [-0.39, 0.29) is 12.5 Å². The van der Waals surface area contributed by atoms with Crippen LogP contribution in [0.4, 0.5) is 0 Å². The number of aliphatic hydroxyl groups is 1. The maximum atomic E-state index is 11.8. The molecule has 0 aliphatic carbocycles. The fourth-order valence-electron chi connectivity index (χ4n) is 3.06. The van der Waals surface area contributed by atoms with E-state index in [9.17, 15) is 9.90 Å². The average Bonchev–Trinajstić information content (AvgIpc) is 2.81. The van der Waals surface area contributed by atoms with Crippen molar-refractivity contribution >= 4 is 11.9 Å². The summed E-state index contributed by atoms with van der Waals surface area (Å²) in [5, 5.41) is 19.7. The van der Waals surface area contributed by atoms with Gasteiger partial charge in [0.1, 0.15) is 17.6 Å². The van der Waals surface area contributed by atoms with E-state index in [2.05, 4.69) is 20.9 Å².